The minimum atomic E-state index is 0.538. The van der Waals surface area contributed by atoms with E-state index in [9.17, 15) is 0 Å². The van der Waals surface area contributed by atoms with Crippen molar-refractivity contribution in [2.75, 3.05) is 20.3 Å². The number of hydrogen-bond acceptors (Lipinski definition) is 9. The normalized spacial score (nSPS) is 10.9. The Morgan fingerprint density at radius 1 is 1.03 bits per heavy atom. The first-order valence-corrected chi connectivity index (χ1v) is 11.2. The van der Waals surface area contributed by atoms with Gasteiger partial charge in [-0.3, -0.25) is 15.1 Å². The monoisotopic (exact) mass is 474 g/mol. The Kier molecular flexibility index (Phi) is 9.53. The zero-order valence-electron chi connectivity index (χ0n) is 18.7. The summed E-state index contributed by atoms with van der Waals surface area (Å²) in [7, 11) is 1.65. The van der Waals surface area contributed by atoms with Crippen LogP contribution < -0.4 is 15.6 Å². The number of ether oxygens (including phenoxy) is 2. The SMILES string of the molecule is COCCOc1ccc(SN)cc1.N=C/C(=C\N)c1cnc2ccc(-c3cccnc3)cc2n1. The Morgan fingerprint density at radius 2 is 1.85 bits per heavy atom. The van der Waals surface area contributed by atoms with Gasteiger partial charge in [0.1, 0.15) is 12.4 Å². The number of aromatic nitrogens is 3. The van der Waals surface area contributed by atoms with Crippen molar-refractivity contribution in [1.29, 1.82) is 5.41 Å². The number of nitrogens with zero attached hydrogens (tertiary/aromatic N) is 3. The second-order valence-corrected chi connectivity index (χ2v) is 7.60. The van der Waals surface area contributed by atoms with Crippen molar-refractivity contribution < 1.29 is 9.47 Å². The molecule has 4 aromatic rings. The number of methoxy groups -OCH3 is 1. The van der Waals surface area contributed by atoms with E-state index in [-0.39, 0.29) is 0 Å². The van der Waals surface area contributed by atoms with Crippen LogP contribution in [-0.4, -0.2) is 41.5 Å². The summed E-state index contributed by atoms with van der Waals surface area (Å²) in [6, 6.07) is 17.4. The Labute approximate surface area is 202 Å². The molecule has 9 heteroatoms. The summed E-state index contributed by atoms with van der Waals surface area (Å²) in [5, 5.41) is 12.7. The first kappa shape index (κ1) is 24.8. The van der Waals surface area contributed by atoms with Crippen LogP contribution in [0.15, 0.2) is 84.3 Å². The van der Waals surface area contributed by atoms with Gasteiger partial charge in [0.15, 0.2) is 0 Å². The van der Waals surface area contributed by atoms with Crippen molar-refractivity contribution >= 4 is 34.8 Å². The van der Waals surface area contributed by atoms with E-state index in [1.807, 2.05) is 54.6 Å². The quantitative estimate of drug-likeness (QED) is 0.195. The summed E-state index contributed by atoms with van der Waals surface area (Å²) in [5.74, 6) is 0.842. The number of nitrogens with one attached hydrogen (secondary N) is 1. The second-order valence-electron chi connectivity index (χ2n) is 6.90. The predicted molar refractivity (Wildman–Crippen MR) is 138 cm³/mol. The fraction of sp³-hybridized carbons (Fsp3) is 0.120. The zero-order chi connectivity index (χ0) is 24.2. The lowest BCUT2D eigenvalue weighted by Gasteiger charge is -2.05. The molecule has 4 rings (SSSR count). The van der Waals surface area contributed by atoms with E-state index in [1.165, 1.54) is 24.4 Å². The van der Waals surface area contributed by atoms with Gasteiger partial charge in [-0.05, 0) is 60.0 Å². The summed E-state index contributed by atoms with van der Waals surface area (Å²) in [5.41, 5.74) is 10.2. The number of pyridine rings is 1. The number of nitrogens with two attached hydrogens (primary N) is 2. The maximum atomic E-state index is 7.33. The summed E-state index contributed by atoms with van der Waals surface area (Å²) in [6.07, 6.45) is 7.69. The highest BCUT2D eigenvalue weighted by molar-refractivity contribution is 7.97. The lowest BCUT2D eigenvalue weighted by atomic mass is 10.1. The highest BCUT2D eigenvalue weighted by atomic mass is 32.2. The molecule has 0 bridgehead atoms. The largest absolute Gasteiger partial charge is 0.491 e. The van der Waals surface area contributed by atoms with Crippen molar-refractivity contribution in [3.63, 3.8) is 0 Å². The molecule has 0 aliphatic heterocycles. The molecule has 5 N–H and O–H groups in total. The summed E-state index contributed by atoms with van der Waals surface area (Å²) >= 11 is 1.23. The van der Waals surface area contributed by atoms with E-state index in [2.05, 4.69) is 15.0 Å². The highest BCUT2D eigenvalue weighted by Crippen LogP contribution is 2.23. The van der Waals surface area contributed by atoms with Crippen molar-refractivity contribution in [2.45, 2.75) is 4.90 Å². The molecule has 34 heavy (non-hydrogen) atoms. The Bertz CT molecular complexity index is 1230. The Balaban J connectivity index is 0.000000215. The number of allylic oxidation sites excluding steroid dienone is 1. The third-order valence-corrected chi connectivity index (χ3v) is 5.23. The Morgan fingerprint density at radius 3 is 2.50 bits per heavy atom. The molecule has 0 radical (unpaired) electrons. The molecular weight excluding hydrogens is 448 g/mol. The van der Waals surface area contributed by atoms with Crippen LogP contribution >= 0.6 is 11.9 Å². The van der Waals surface area contributed by atoms with Gasteiger partial charge in [0.2, 0.25) is 0 Å². The molecule has 0 atom stereocenters. The number of hydrogen-bond donors (Lipinski definition) is 3. The van der Waals surface area contributed by atoms with Crippen LogP contribution in [0.1, 0.15) is 5.69 Å². The molecule has 0 aliphatic carbocycles. The molecule has 0 spiro atoms. The second kappa shape index (κ2) is 13.0. The molecule has 0 fully saturated rings. The minimum Gasteiger partial charge on any atom is -0.491 e. The van der Waals surface area contributed by atoms with Gasteiger partial charge in [0.25, 0.3) is 0 Å². The lowest BCUT2D eigenvalue weighted by Crippen LogP contribution is -2.03. The third-order valence-electron chi connectivity index (χ3n) is 4.68. The predicted octanol–water partition coefficient (Wildman–Crippen LogP) is 4.32. The minimum absolute atomic E-state index is 0.538. The Hall–Kier alpha value is -3.79. The summed E-state index contributed by atoms with van der Waals surface area (Å²) in [4.78, 5) is 14.0. The summed E-state index contributed by atoms with van der Waals surface area (Å²) < 4.78 is 10.2. The van der Waals surface area contributed by atoms with E-state index >= 15 is 0 Å². The molecule has 2 aromatic heterocycles. The molecule has 8 nitrogen and oxygen atoms in total. The van der Waals surface area contributed by atoms with Gasteiger partial charge < -0.3 is 20.6 Å². The fourth-order valence-corrected chi connectivity index (χ4v) is 3.22. The maximum Gasteiger partial charge on any atom is 0.119 e. The average molecular weight is 475 g/mol. The number of rotatable bonds is 8. The molecule has 2 aromatic carbocycles. The molecule has 2 heterocycles. The first-order valence-electron chi connectivity index (χ1n) is 10.4. The van der Waals surface area contributed by atoms with Crippen LogP contribution in [-0.2, 0) is 4.74 Å². The fourth-order valence-electron chi connectivity index (χ4n) is 2.93. The van der Waals surface area contributed by atoms with E-state index in [1.54, 1.807) is 25.7 Å². The molecule has 0 saturated heterocycles. The maximum absolute atomic E-state index is 7.33. The number of fused-ring (bicyclic) bond motifs is 1. The van der Waals surface area contributed by atoms with E-state index in [0.29, 0.717) is 24.5 Å². The van der Waals surface area contributed by atoms with Gasteiger partial charge in [-0.15, -0.1) is 0 Å². The van der Waals surface area contributed by atoms with Crippen molar-refractivity contribution in [2.24, 2.45) is 10.9 Å². The third kappa shape index (κ3) is 6.85. The van der Waals surface area contributed by atoms with Gasteiger partial charge in [-0.1, -0.05) is 12.1 Å². The zero-order valence-corrected chi connectivity index (χ0v) is 19.5. The van der Waals surface area contributed by atoms with Crippen LogP contribution in [0.4, 0.5) is 0 Å². The van der Waals surface area contributed by atoms with Crippen molar-refractivity contribution in [3.8, 4) is 16.9 Å². The van der Waals surface area contributed by atoms with Crippen molar-refractivity contribution in [1.82, 2.24) is 15.0 Å². The van der Waals surface area contributed by atoms with Crippen LogP contribution in [0.25, 0.3) is 27.7 Å². The molecule has 0 saturated carbocycles. The van der Waals surface area contributed by atoms with Gasteiger partial charge in [0, 0.05) is 48.0 Å². The smallest absolute Gasteiger partial charge is 0.119 e. The van der Waals surface area contributed by atoms with Gasteiger partial charge in [-0.2, -0.15) is 0 Å². The molecule has 174 valence electrons. The average Bonchev–Trinajstić information content (AvgIpc) is 2.90. The van der Waals surface area contributed by atoms with E-state index in [4.69, 9.17) is 25.8 Å². The molecule has 0 unspecified atom stereocenters. The van der Waals surface area contributed by atoms with Crippen LogP contribution in [0.2, 0.25) is 0 Å². The highest BCUT2D eigenvalue weighted by Gasteiger charge is 2.05. The first-order chi connectivity index (χ1) is 16.7. The molecule has 0 amide bonds. The van der Waals surface area contributed by atoms with E-state index in [0.717, 1.165) is 32.8 Å². The van der Waals surface area contributed by atoms with Crippen LogP contribution in [0.3, 0.4) is 0 Å². The molecular formula is C25H26N6O2S. The summed E-state index contributed by atoms with van der Waals surface area (Å²) in [6.45, 7) is 1.18. The van der Waals surface area contributed by atoms with Crippen molar-refractivity contribution in [3.05, 3.63) is 85.1 Å². The lowest BCUT2D eigenvalue weighted by molar-refractivity contribution is 0.146. The topological polar surface area (TPSA) is 133 Å². The van der Waals surface area contributed by atoms with Crippen LogP contribution in [0.5, 0.6) is 5.75 Å². The van der Waals surface area contributed by atoms with Gasteiger partial charge in [0.05, 0.1) is 29.5 Å². The van der Waals surface area contributed by atoms with Crippen LogP contribution in [0, 0.1) is 5.41 Å². The standard InChI is InChI=1S/C16H13N5.C9H13NO2S/c17-7-13(8-18)16-10-20-14-4-3-11(6-15(14)21-16)12-2-1-5-19-9-12;1-11-6-7-12-8-2-4-9(13-10)5-3-8/h1-10,17H,18H2;2-5H,6-7,10H2,1H3/b13-8+,17-7?;. The van der Waals surface area contributed by atoms with E-state index < -0.39 is 0 Å². The number of benzene rings is 2. The van der Waals surface area contributed by atoms with Gasteiger partial charge in [-0.25, -0.2) is 4.98 Å². The molecule has 0 aliphatic rings. The van der Waals surface area contributed by atoms with Gasteiger partial charge >= 0.3 is 0 Å².